The van der Waals surface area contributed by atoms with Crippen molar-refractivity contribution in [3.05, 3.63) is 41.9 Å². The van der Waals surface area contributed by atoms with Gasteiger partial charge in [0.15, 0.2) is 5.03 Å². The van der Waals surface area contributed by atoms with E-state index in [2.05, 4.69) is 14.8 Å². The Morgan fingerprint density at radius 3 is 2.71 bits per heavy atom. The fourth-order valence-corrected chi connectivity index (χ4v) is 3.75. The summed E-state index contributed by atoms with van der Waals surface area (Å²) in [7, 11) is -3.62. The molecule has 0 spiro atoms. The topological polar surface area (TPSA) is 76.9 Å². The van der Waals surface area contributed by atoms with E-state index in [4.69, 9.17) is 0 Å². The first kappa shape index (κ1) is 15.7. The van der Waals surface area contributed by atoms with E-state index in [9.17, 15) is 8.42 Å². The van der Waals surface area contributed by atoms with Gasteiger partial charge in [0.05, 0.1) is 5.69 Å². The molecule has 0 aliphatic heterocycles. The van der Waals surface area contributed by atoms with Crippen LogP contribution in [0.2, 0.25) is 0 Å². The zero-order valence-electron chi connectivity index (χ0n) is 12.4. The van der Waals surface area contributed by atoms with Crippen LogP contribution in [0.5, 0.6) is 0 Å². The van der Waals surface area contributed by atoms with E-state index >= 15 is 0 Å². The number of nitrogens with one attached hydrogen (secondary N) is 1. The molecule has 0 amide bonds. The molecule has 0 aliphatic carbocycles. The van der Waals surface area contributed by atoms with Gasteiger partial charge in [-0.25, -0.2) is 13.1 Å². The summed E-state index contributed by atoms with van der Waals surface area (Å²) < 4.78 is 29.4. The van der Waals surface area contributed by atoms with Gasteiger partial charge in [0.2, 0.25) is 0 Å². The molecule has 0 unspecified atom stereocenters. The second-order valence-electron chi connectivity index (χ2n) is 4.81. The van der Waals surface area contributed by atoms with E-state index in [1.807, 2.05) is 19.9 Å². The molecule has 1 N–H and O–H groups in total. The molecule has 0 saturated carbocycles. The minimum Gasteiger partial charge on any atom is -0.264 e. The number of nitrogens with zero attached hydrogens (tertiary/aromatic N) is 3. The maximum atomic E-state index is 12.6. The molecule has 114 valence electrons. The molecule has 2 aromatic heterocycles. The molecule has 0 radical (unpaired) electrons. The van der Waals surface area contributed by atoms with Crippen molar-refractivity contribution in [1.82, 2.24) is 19.5 Å². The number of aromatic nitrogens is 3. The zero-order chi connectivity index (χ0) is 15.5. The quantitative estimate of drug-likeness (QED) is 0.886. The van der Waals surface area contributed by atoms with Gasteiger partial charge in [-0.1, -0.05) is 13.0 Å². The Morgan fingerprint density at radius 2 is 2.14 bits per heavy atom. The number of sulfonamides is 1. The van der Waals surface area contributed by atoms with Gasteiger partial charge in [-0.3, -0.25) is 9.67 Å². The Kier molecular flexibility index (Phi) is 4.74. The van der Waals surface area contributed by atoms with Crippen LogP contribution in [0.15, 0.2) is 35.6 Å². The zero-order valence-corrected chi connectivity index (χ0v) is 13.3. The fourth-order valence-electron chi connectivity index (χ4n) is 2.18. The fraction of sp³-hybridized carbons (Fsp3) is 0.429. The van der Waals surface area contributed by atoms with Gasteiger partial charge < -0.3 is 0 Å². The Balaban J connectivity index is 2.31. The molecular formula is C14H20N4O2S. The lowest BCUT2D eigenvalue weighted by Gasteiger charge is -2.17. The molecule has 2 aromatic rings. The predicted octanol–water partition coefficient (Wildman–Crippen LogP) is 2.04. The van der Waals surface area contributed by atoms with Gasteiger partial charge >= 0.3 is 0 Å². The van der Waals surface area contributed by atoms with Crippen molar-refractivity contribution in [2.24, 2.45) is 0 Å². The summed E-state index contributed by atoms with van der Waals surface area (Å²) in [5.74, 6) is 0. The molecule has 0 aromatic carbocycles. The summed E-state index contributed by atoms with van der Waals surface area (Å²) in [6.07, 6.45) is 3.99. The highest BCUT2D eigenvalue weighted by Gasteiger charge is 2.24. The summed E-state index contributed by atoms with van der Waals surface area (Å²) in [6.45, 7) is 6.09. The van der Waals surface area contributed by atoms with Gasteiger partial charge in [-0.2, -0.15) is 5.10 Å². The van der Waals surface area contributed by atoms with Crippen molar-refractivity contribution in [3.63, 3.8) is 0 Å². The maximum absolute atomic E-state index is 12.6. The molecule has 0 aliphatic rings. The lowest BCUT2D eigenvalue weighted by atomic mass is 10.1. The van der Waals surface area contributed by atoms with E-state index in [1.54, 1.807) is 31.5 Å². The van der Waals surface area contributed by atoms with Gasteiger partial charge in [0, 0.05) is 25.0 Å². The van der Waals surface area contributed by atoms with Crippen LogP contribution in [0.3, 0.4) is 0 Å². The summed E-state index contributed by atoms with van der Waals surface area (Å²) in [5, 5.41) is 4.39. The van der Waals surface area contributed by atoms with Crippen LogP contribution in [0, 0.1) is 6.92 Å². The van der Waals surface area contributed by atoms with E-state index in [-0.39, 0.29) is 11.1 Å². The minimum absolute atomic E-state index is 0.199. The van der Waals surface area contributed by atoms with E-state index in [0.717, 1.165) is 5.56 Å². The summed E-state index contributed by atoms with van der Waals surface area (Å²) >= 11 is 0. The lowest BCUT2D eigenvalue weighted by molar-refractivity contribution is 0.523. The van der Waals surface area contributed by atoms with Gasteiger partial charge in [-0.05, 0) is 38.0 Å². The van der Waals surface area contributed by atoms with Crippen LogP contribution < -0.4 is 4.72 Å². The predicted molar refractivity (Wildman–Crippen MR) is 80.2 cm³/mol. The summed E-state index contributed by atoms with van der Waals surface area (Å²) in [4.78, 5) is 4.04. The Hall–Kier alpha value is -1.73. The summed E-state index contributed by atoms with van der Waals surface area (Å²) in [5.41, 5.74) is 1.54. The average Bonchev–Trinajstić information content (AvgIpc) is 2.88. The van der Waals surface area contributed by atoms with Crippen molar-refractivity contribution in [3.8, 4) is 0 Å². The van der Waals surface area contributed by atoms with Crippen LogP contribution in [-0.4, -0.2) is 23.2 Å². The first-order valence-corrected chi connectivity index (χ1v) is 8.43. The normalized spacial score (nSPS) is 13.3. The van der Waals surface area contributed by atoms with Crippen molar-refractivity contribution in [2.75, 3.05) is 0 Å². The van der Waals surface area contributed by atoms with Crippen LogP contribution in [0.4, 0.5) is 0 Å². The highest BCUT2D eigenvalue weighted by Crippen LogP contribution is 2.20. The lowest BCUT2D eigenvalue weighted by Crippen LogP contribution is -2.30. The van der Waals surface area contributed by atoms with E-state index in [0.29, 0.717) is 18.7 Å². The Labute approximate surface area is 125 Å². The largest absolute Gasteiger partial charge is 0.264 e. The monoisotopic (exact) mass is 308 g/mol. The first-order chi connectivity index (χ1) is 9.97. The third kappa shape index (κ3) is 3.48. The molecule has 2 rings (SSSR count). The SMILES string of the molecule is CC[C@@H](NS(=O)(=O)c1cc(C)nn1CC)c1cccnc1. The number of aryl methyl sites for hydroxylation is 2. The van der Waals surface area contributed by atoms with Crippen molar-refractivity contribution in [2.45, 2.75) is 44.8 Å². The Morgan fingerprint density at radius 1 is 1.38 bits per heavy atom. The second kappa shape index (κ2) is 6.36. The third-order valence-corrected chi connectivity index (χ3v) is 4.71. The highest BCUT2D eigenvalue weighted by atomic mass is 32.2. The molecule has 0 fully saturated rings. The van der Waals surface area contributed by atoms with Crippen molar-refractivity contribution < 1.29 is 8.42 Å². The van der Waals surface area contributed by atoms with Crippen LogP contribution in [0.1, 0.15) is 37.6 Å². The summed E-state index contributed by atoms with van der Waals surface area (Å²) in [6, 6.07) is 4.95. The molecule has 0 bridgehead atoms. The molecule has 2 heterocycles. The van der Waals surface area contributed by atoms with Crippen molar-refractivity contribution >= 4 is 10.0 Å². The molecule has 6 nitrogen and oxygen atoms in total. The average molecular weight is 308 g/mol. The van der Waals surface area contributed by atoms with Crippen molar-refractivity contribution in [1.29, 1.82) is 0 Å². The standard InChI is InChI=1S/C14H20N4O2S/c1-4-13(12-7-6-8-15-10-12)17-21(19,20)14-9-11(3)16-18(14)5-2/h6-10,13,17H,4-5H2,1-3H3/t13-/m1/s1. The van der Waals surface area contributed by atoms with E-state index in [1.165, 1.54) is 4.68 Å². The number of hydrogen-bond acceptors (Lipinski definition) is 4. The molecule has 1 atom stereocenters. The number of pyridine rings is 1. The van der Waals surface area contributed by atoms with Gasteiger partial charge in [0.1, 0.15) is 0 Å². The maximum Gasteiger partial charge on any atom is 0.258 e. The molecule has 7 heteroatoms. The molecule has 0 saturated heterocycles. The van der Waals surface area contributed by atoms with Gasteiger partial charge in [-0.15, -0.1) is 0 Å². The first-order valence-electron chi connectivity index (χ1n) is 6.94. The number of rotatable bonds is 6. The Bertz CT molecular complexity index is 695. The molecular weight excluding hydrogens is 288 g/mol. The highest BCUT2D eigenvalue weighted by molar-refractivity contribution is 7.89. The third-order valence-electron chi connectivity index (χ3n) is 3.23. The van der Waals surface area contributed by atoms with Crippen LogP contribution in [-0.2, 0) is 16.6 Å². The second-order valence-corrected chi connectivity index (χ2v) is 6.47. The molecule has 21 heavy (non-hydrogen) atoms. The smallest absolute Gasteiger partial charge is 0.258 e. The minimum atomic E-state index is -3.62. The van der Waals surface area contributed by atoms with Crippen LogP contribution >= 0.6 is 0 Å². The van der Waals surface area contributed by atoms with Crippen LogP contribution in [0.25, 0.3) is 0 Å². The van der Waals surface area contributed by atoms with Gasteiger partial charge in [0.25, 0.3) is 10.0 Å². The van der Waals surface area contributed by atoms with E-state index < -0.39 is 10.0 Å². The number of hydrogen-bond donors (Lipinski definition) is 1.